The maximum atomic E-state index is 12.5. The summed E-state index contributed by atoms with van der Waals surface area (Å²) in [5.74, 6) is -0.0940. The van der Waals surface area contributed by atoms with Gasteiger partial charge in [0.05, 0.1) is 17.5 Å². The first kappa shape index (κ1) is 19.1. The lowest BCUT2D eigenvalue weighted by Gasteiger charge is -2.18. The zero-order valence-corrected chi connectivity index (χ0v) is 16.7. The summed E-state index contributed by atoms with van der Waals surface area (Å²) in [6, 6.07) is 13.6. The normalized spacial score (nSPS) is 16.2. The van der Waals surface area contributed by atoms with E-state index in [1.807, 2.05) is 49.5 Å². The molecule has 150 valence electrons. The number of benzene rings is 1. The average molecular weight is 391 g/mol. The smallest absolute Gasteiger partial charge is 0.251 e. The molecule has 0 unspecified atom stereocenters. The number of pyridine rings is 1. The summed E-state index contributed by atoms with van der Waals surface area (Å²) >= 11 is 0. The number of aryl methyl sites for hydroxylation is 1. The number of hydrogen-bond acceptors (Lipinski definition) is 5. The van der Waals surface area contributed by atoms with Crippen LogP contribution in [-0.2, 0) is 18.3 Å². The Morgan fingerprint density at radius 2 is 2.03 bits per heavy atom. The van der Waals surface area contributed by atoms with Gasteiger partial charge in [-0.15, -0.1) is 0 Å². The van der Waals surface area contributed by atoms with Crippen LogP contribution in [0.3, 0.4) is 0 Å². The molecule has 1 aliphatic heterocycles. The van der Waals surface area contributed by atoms with Crippen molar-refractivity contribution in [3.63, 3.8) is 0 Å². The molecule has 3 heterocycles. The zero-order chi connectivity index (χ0) is 20.2. The topological polar surface area (TPSA) is 72.3 Å². The van der Waals surface area contributed by atoms with Crippen LogP contribution in [0.15, 0.2) is 54.9 Å². The predicted molar refractivity (Wildman–Crippen MR) is 112 cm³/mol. The zero-order valence-electron chi connectivity index (χ0n) is 16.7. The van der Waals surface area contributed by atoms with Gasteiger partial charge in [0.1, 0.15) is 0 Å². The van der Waals surface area contributed by atoms with Crippen LogP contribution in [0.4, 0.5) is 5.69 Å². The van der Waals surface area contributed by atoms with Gasteiger partial charge in [0, 0.05) is 57.4 Å². The molecule has 0 spiro atoms. The molecule has 1 N–H and O–H groups in total. The number of aromatic nitrogens is 3. The number of rotatable bonds is 6. The lowest BCUT2D eigenvalue weighted by Crippen LogP contribution is -2.24. The van der Waals surface area contributed by atoms with Crippen LogP contribution in [0, 0.1) is 0 Å². The molecule has 0 bridgehead atoms. The number of ether oxygens (including phenoxy) is 1. The van der Waals surface area contributed by atoms with Crippen molar-refractivity contribution in [2.45, 2.75) is 19.1 Å². The molecule has 29 heavy (non-hydrogen) atoms. The maximum Gasteiger partial charge on any atom is 0.251 e. The first-order valence-electron chi connectivity index (χ1n) is 9.73. The van der Waals surface area contributed by atoms with Crippen LogP contribution >= 0.6 is 0 Å². The van der Waals surface area contributed by atoms with Crippen molar-refractivity contribution >= 4 is 11.6 Å². The highest BCUT2D eigenvalue weighted by atomic mass is 16.5. The number of hydrogen-bond donors (Lipinski definition) is 1. The molecule has 4 rings (SSSR count). The van der Waals surface area contributed by atoms with E-state index in [1.54, 1.807) is 24.2 Å². The molecule has 1 atom stereocenters. The van der Waals surface area contributed by atoms with Crippen LogP contribution < -0.4 is 10.2 Å². The van der Waals surface area contributed by atoms with Gasteiger partial charge in [0.2, 0.25) is 0 Å². The third-order valence-corrected chi connectivity index (χ3v) is 5.33. The van der Waals surface area contributed by atoms with E-state index in [0.29, 0.717) is 12.1 Å². The van der Waals surface area contributed by atoms with Gasteiger partial charge in [0.25, 0.3) is 5.91 Å². The van der Waals surface area contributed by atoms with Crippen LogP contribution in [0.2, 0.25) is 0 Å². The van der Waals surface area contributed by atoms with Crippen LogP contribution in [0.25, 0.3) is 11.4 Å². The molecule has 1 amide bonds. The van der Waals surface area contributed by atoms with E-state index < -0.39 is 0 Å². The van der Waals surface area contributed by atoms with Crippen molar-refractivity contribution in [3.8, 4) is 11.4 Å². The fourth-order valence-electron chi connectivity index (χ4n) is 3.57. The molecule has 7 heteroatoms. The summed E-state index contributed by atoms with van der Waals surface area (Å²) in [4.78, 5) is 19.2. The minimum atomic E-state index is -0.0940. The molecule has 1 aliphatic rings. The van der Waals surface area contributed by atoms with E-state index >= 15 is 0 Å². The Kier molecular flexibility index (Phi) is 5.57. The third kappa shape index (κ3) is 4.30. The van der Waals surface area contributed by atoms with E-state index in [1.165, 1.54) is 0 Å². The summed E-state index contributed by atoms with van der Waals surface area (Å²) in [7, 11) is 3.64. The van der Waals surface area contributed by atoms with E-state index in [4.69, 9.17) is 4.74 Å². The highest BCUT2D eigenvalue weighted by Gasteiger charge is 2.22. The first-order chi connectivity index (χ1) is 14.1. The summed E-state index contributed by atoms with van der Waals surface area (Å²) in [6.45, 7) is 2.30. The highest BCUT2D eigenvalue weighted by molar-refractivity contribution is 5.94. The summed E-state index contributed by atoms with van der Waals surface area (Å²) in [5, 5.41) is 7.11. The Morgan fingerprint density at radius 3 is 2.66 bits per heavy atom. The van der Waals surface area contributed by atoms with Crippen molar-refractivity contribution < 1.29 is 9.53 Å². The number of carbonyl (C=O) groups is 1. The monoisotopic (exact) mass is 391 g/mol. The Bertz CT molecular complexity index is 966. The number of nitrogens with one attached hydrogen (secondary N) is 1. The van der Waals surface area contributed by atoms with Gasteiger partial charge < -0.3 is 15.0 Å². The van der Waals surface area contributed by atoms with Gasteiger partial charge in [-0.05, 0) is 48.4 Å². The second kappa shape index (κ2) is 8.45. The number of nitrogens with zero attached hydrogens (tertiary/aromatic N) is 4. The number of anilines is 1. The molecular weight excluding hydrogens is 366 g/mol. The van der Waals surface area contributed by atoms with Gasteiger partial charge >= 0.3 is 0 Å². The summed E-state index contributed by atoms with van der Waals surface area (Å²) in [5.41, 5.74) is 4.53. The van der Waals surface area contributed by atoms with Crippen molar-refractivity contribution in [2.75, 3.05) is 25.1 Å². The molecule has 1 aromatic carbocycles. The molecule has 0 saturated carbocycles. The Morgan fingerprint density at radius 1 is 1.21 bits per heavy atom. The molecule has 0 radical (unpaired) electrons. The van der Waals surface area contributed by atoms with E-state index in [0.717, 1.165) is 42.1 Å². The van der Waals surface area contributed by atoms with Gasteiger partial charge in [-0.3, -0.25) is 14.5 Å². The van der Waals surface area contributed by atoms with Crippen molar-refractivity contribution in [3.05, 3.63) is 66.0 Å². The SMILES string of the molecule is CO[C@@H]1CCN(c2ccc(C(=O)NCc3ccc(-c4ccnn4C)nc3)cc2)C1. The van der Waals surface area contributed by atoms with Crippen molar-refractivity contribution in [1.82, 2.24) is 20.1 Å². The van der Waals surface area contributed by atoms with E-state index in [2.05, 4.69) is 20.3 Å². The van der Waals surface area contributed by atoms with Gasteiger partial charge in [-0.2, -0.15) is 5.10 Å². The van der Waals surface area contributed by atoms with E-state index in [9.17, 15) is 4.79 Å². The molecule has 2 aromatic heterocycles. The quantitative estimate of drug-likeness (QED) is 0.699. The van der Waals surface area contributed by atoms with Gasteiger partial charge in [-0.1, -0.05) is 6.07 Å². The fraction of sp³-hybridized carbons (Fsp3) is 0.318. The average Bonchev–Trinajstić information content (AvgIpc) is 3.41. The molecule has 7 nitrogen and oxygen atoms in total. The van der Waals surface area contributed by atoms with E-state index in [-0.39, 0.29) is 12.0 Å². The second-order valence-corrected chi connectivity index (χ2v) is 7.21. The van der Waals surface area contributed by atoms with Crippen molar-refractivity contribution in [1.29, 1.82) is 0 Å². The fourth-order valence-corrected chi connectivity index (χ4v) is 3.57. The molecule has 0 aliphatic carbocycles. The largest absolute Gasteiger partial charge is 0.380 e. The lowest BCUT2D eigenvalue weighted by atomic mass is 10.1. The number of amides is 1. The summed E-state index contributed by atoms with van der Waals surface area (Å²) < 4.78 is 7.20. The Hall–Kier alpha value is -3.19. The number of methoxy groups -OCH3 is 1. The molecule has 3 aromatic rings. The van der Waals surface area contributed by atoms with Gasteiger partial charge in [0.15, 0.2) is 0 Å². The minimum Gasteiger partial charge on any atom is -0.380 e. The highest BCUT2D eigenvalue weighted by Crippen LogP contribution is 2.22. The molecular formula is C22H25N5O2. The van der Waals surface area contributed by atoms with Crippen molar-refractivity contribution in [2.24, 2.45) is 7.05 Å². The minimum absolute atomic E-state index is 0.0940. The molecule has 1 saturated heterocycles. The van der Waals surface area contributed by atoms with Crippen LogP contribution in [0.5, 0.6) is 0 Å². The molecule has 1 fully saturated rings. The second-order valence-electron chi connectivity index (χ2n) is 7.21. The number of carbonyl (C=O) groups excluding carboxylic acids is 1. The van der Waals surface area contributed by atoms with Crippen LogP contribution in [0.1, 0.15) is 22.3 Å². The Labute approximate surface area is 170 Å². The lowest BCUT2D eigenvalue weighted by molar-refractivity contribution is 0.0951. The predicted octanol–water partition coefficient (Wildman–Crippen LogP) is 2.64. The summed E-state index contributed by atoms with van der Waals surface area (Å²) in [6.07, 6.45) is 4.85. The maximum absolute atomic E-state index is 12.5. The first-order valence-corrected chi connectivity index (χ1v) is 9.73. The van der Waals surface area contributed by atoms with Crippen LogP contribution in [-0.4, -0.2) is 47.0 Å². The Balaban J connectivity index is 1.33. The standard InChI is InChI=1S/C22H25N5O2/c1-26-21(9-11-25-26)20-8-3-16(13-23-20)14-24-22(28)17-4-6-18(7-5-17)27-12-10-19(15-27)29-2/h3-9,11,13,19H,10,12,14-15H2,1-2H3,(H,24,28)/t19-/m1/s1. The third-order valence-electron chi connectivity index (χ3n) is 5.33. The van der Waals surface area contributed by atoms with Gasteiger partial charge in [-0.25, -0.2) is 0 Å².